The summed E-state index contributed by atoms with van der Waals surface area (Å²) >= 11 is 0. The van der Waals surface area contributed by atoms with Gasteiger partial charge in [-0.3, -0.25) is 4.68 Å². The zero-order valence-electron chi connectivity index (χ0n) is 11.5. The smallest absolute Gasteiger partial charge is 0.0641 e. The van der Waals surface area contributed by atoms with Crippen LogP contribution in [0.2, 0.25) is 0 Å². The van der Waals surface area contributed by atoms with E-state index in [-0.39, 0.29) is 5.54 Å². The first-order valence-corrected chi connectivity index (χ1v) is 6.16. The zero-order chi connectivity index (χ0) is 12.3. The molecule has 0 aliphatic carbocycles. The van der Waals surface area contributed by atoms with Gasteiger partial charge >= 0.3 is 0 Å². The lowest BCUT2D eigenvalue weighted by Gasteiger charge is -2.19. The van der Waals surface area contributed by atoms with Gasteiger partial charge in [-0.25, -0.2) is 0 Å². The van der Waals surface area contributed by atoms with Crippen molar-refractivity contribution in [1.29, 1.82) is 0 Å². The van der Waals surface area contributed by atoms with E-state index in [0.29, 0.717) is 6.04 Å². The van der Waals surface area contributed by atoms with Gasteiger partial charge in [0.1, 0.15) is 0 Å². The molecule has 0 bridgehead atoms. The molecule has 0 saturated carbocycles. The number of aryl methyl sites for hydroxylation is 1. The molecule has 0 fully saturated rings. The Balaban J connectivity index is 2.85. The molecule has 3 heteroatoms. The van der Waals surface area contributed by atoms with Gasteiger partial charge < -0.3 is 5.32 Å². The summed E-state index contributed by atoms with van der Waals surface area (Å²) in [7, 11) is 0. The van der Waals surface area contributed by atoms with Crippen LogP contribution in [-0.2, 0) is 5.54 Å². The second-order valence-electron chi connectivity index (χ2n) is 5.46. The molecule has 0 amide bonds. The minimum absolute atomic E-state index is 0.0630. The van der Waals surface area contributed by atoms with E-state index in [0.717, 1.165) is 18.7 Å². The van der Waals surface area contributed by atoms with Gasteiger partial charge in [0.25, 0.3) is 0 Å². The number of rotatable bonds is 4. The molecule has 1 aromatic rings. The molecular weight excluding hydrogens is 198 g/mol. The number of aromatic nitrogens is 2. The van der Waals surface area contributed by atoms with Crippen molar-refractivity contribution < 1.29 is 0 Å². The van der Waals surface area contributed by atoms with Gasteiger partial charge in [0.05, 0.1) is 11.2 Å². The lowest BCUT2D eigenvalue weighted by atomic mass is 10.1. The Bertz CT molecular complexity index is 333. The third-order valence-corrected chi connectivity index (χ3v) is 2.79. The molecule has 1 aromatic heterocycles. The van der Waals surface area contributed by atoms with Crippen LogP contribution in [0.4, 0.5) is 0 Å². The minimum Gasteiger partial charge on any atom is -0.310 e. The van der Waals surface area contributed by atoms with Gasteiger partial charge in [0.2, 0.25) is 0 Å². The van der Waals surface area contributed by atoms with Crippen molar-refractivity contribution in [2.75, 3.05) is 6.54 Å². The van der Waals surface area contributed by atoms with Crippen LogP contribution in [-0.4, -0.2) is 16.3 Å². The van der Waals surface area contributed by atoms with Gasteiger partial charge in [0, 0.05) is 17.8 Å². The van der Waals surface area contributed by atoms with Gasteiger partial charge in [-0.1, -0.05) is 6.92 Å². The molecule has 92 valence electrons. The first-order valence-electron chi connectivity index (χ1n) is 6.16. The molecule has 0 aromatic carbocycles. The molecule has 3 nitrogen and oxygen atoms in total. The van der Waals surface area contributed by atoms with E-state index in [9.17, 15) is 0 Å². The Morgan fingerprint density at radius 1 is 1.44 bits per heavy atom. The molecule has 1 heterocycles. The van der Waals surface area contributed by atoms with Crippen LogP contribution in [0.3, 0.4) is 0 Å². The van der Waals surface area contributed by atoms with Crippen molar-refractivity contribution in [3.63, 3.8) is 0 Å². The van der Waals surface area contributed by atoms with Gasteiger partial charge in [-0.2, -0.15) is 5.10 Å². The fraction of sp³-hybridized carbons (Fsp3) is 0.769. The first-order chi connectivity index (χ1) is 7.36. The predicted octanol–water partition coefficient (Wildman–Crippen LogP) is 3.01. The average molecular weight is 223 g/mol. The Kier molecular flexibility index (Phi) is 4.14. The lowest BCUT2D eigenvalue weighted by molar-refractivity contribution is 0.353. The topological polar surface area (TPSA) is 29.9 Å². The fourth-order valence-electron chi connectivity index (χ4n) is 1.71. The van der Waals surface area contributed by atoms with Crippen molar-refractivity contribution in [2.24, 2.45) is 0 Å². The molecule has 1 atom stereocenters. The van der Waals surface area contributed by atoms with Gasteiger partial charge in [-0.05, 0) is 47.6 Å². The van der Waals surface area contributed by atoms with Crippen LogP contribution in [0.15, 0.2) is 6.20 Å². The number of nitrogens with one attached hydrogen (secondary N) is 1. The summed E-state index contributed by atoms with van der Waals surface area (Å²) in [6, 6.07) is 0.385. The lowest BCUT2D eigenvalue weighted by Crippen LogP contribution is -2.22. The normalized spacial score (nSPS) is 14.1. The van der Waals surface area contributed by atoms with Crippen molar-refractivity contribution >= 4 is 0 Å². The highest BCUT2D eigenvalue weighted by molar-refractivity contribution is 5.20. The molecular formula is C13H25N3. The summed E-state index contributed by atoms with van der Waals surface area (Å²) in [5, 5.41) is 8.09. The van der Waals surface area contributed by atoms with E-state index in [1.807, 2.05) is 0 Å². The van der Waals surface area contributed by atoms with Crippen LogP contribution < -0.4 is 5.32 Å². The Hall–Kier alpha value is -0.830. The van der Waals surface area contributed by atoms with Crippen molar-refractivity contribution in [2.45, 2.75) is 59.5 Å². The summed E-state index contributed by atoms with van der Waals surface area (Å²) in [6.07, 6.45) is 3.33. The molecule has 0 aliphatic rings. The number of nitrogens with zero attached hydrogens (tertiary/aromatic N) is 2. The standard InChI is InChI=1S/C13H25N3/c1-7-8-14-10(2)12-9-16(13(4,5)6)15-11(12)3/h9-10,14H,7-8H2,1-6H3. The van der Waals surface area contributed by atoms with Gasteiger partial charge in [0.15, 0.2) is 0 Å². The van der Waals surface area contributed by atoms with Crippen molar-refractivity contribution in [1.82, 2.24) is 15.1 Å². The molecule has 1 unspecified atom stereocenters. The van der Waals surface area contributed by atoms with Crippen LogP contribution in [0.1, 0.15) is 58.3 Å². The number of hydrogen-bond acceptors (Lipinski definition) is 2. The summed E-state index contributed by atoms with van der Waals surface area (Å²) in [6.45, 7) is 14.1. The summed E-state index contributed by atoms with van der Waals surface area (Å²) < 4.78 is 2.06. The molecule has 0 aliphatic heterocycles. The van der Waals surface area contributed by atoms with E-state index in [2.05, 4.69) is 62.8 Å². The molecule has 1 N–H and O–H groups in total. The highest BCUT2D eigenvalue weighted by Crippen LogP contribution is 2.20. The van der Waals surface area contributed by atoms with E-state index in [4.69, 9.17) is 0 Å². The van der Waals surface area contributed by atoms with Crippen LogP contribution in [0.25, 0.3) is 0 Å². The van der Waals surface area contributed by atoms with Crippen molar-refractivity contribution in [3.8, 4) is 0 Å². The summed E-state index contributed by atoms with van der Waals surface area (Å²) in [5.41, 5.74) is 2.50. The maximum absolute atomic E-state index is 4.59. The predicted molar refractivity (Wildman–Crippen MR) is 68.7 cm³/mol. The largest absolute Gasteiger partial charge is 0.310 e. The third kappa shape index (κ3) is 3.08. The average Bonchev–Trinajstić information content (AvgIpc) is 2.56. The minimum atomic E-state index is 0.0630. The molecule has 1 rings (SSSR count). The molecule has 0 saturated heterocycles. The van der Waals surface area contributed by atoms with Gasteiger partial charge in [-0.15, -0.1) is 0 Å². The third-order valence-electron chi connectivity index (χ3n) is 2.79. The Morgan fingerprint density at radius 2 is 2.06 bits per heavy atom. The second kappa shape index (κ2) is 5.00. The zero-order valence-corrected chi connectivity index (χ0v) is 11.5. The summed E-state index contributed by atoms with van der Waals surface area (Å²) in [4.78, 5) is 0. The van der Waals surface area contributed by atoms with E-state index >= 15 is 0 Å². The quantitative estimate of drug-likeness (QED) is 0.850. The monoisotopic (exact) mass is 223 g/mol. The fourth-order valence-corrected chi connectivity index (χ4v) is 1.71. The van der Waals surface area contributed by atoms with E-state index < -0.39 is 0 Å². The van der Waals surface area contributed by atoms with E-state index in [1.165, 1.54) is 5.56 Å². The van der Waals surface area contributed by atoms with E-state index in [1.54, 1.807) is 0 Å². The highest BCUT2D eigenvalue weighted by Gasteiger charge is 2.18. The highest BCUT2D eigenvalue weighted by atomic mass is 15.3. The van der Waals surface area contributed by atoms with Crippen LogP contribution in [0, 0.1) is 6.92 Å². The maximum atomic E-state index is 4.59. The Labute approximate surface area is 99.2 Å². The maximum Gasteiger partial charge on any atom is 0.0641 e. The van der Waals surface area contributed by atoms with Crippen LogP contribution >= 0.6 is 0 Å². The Morgan fingerprint density at radius 3 is 2.50 bits per heavy atom. The van der Waals surface area contributed by atoms with Crippen molar-refractivity contribution in [3.05, 3.63) is 17.5 Å². The van der Waals surface area contributed by atoms with Crippen LogP contribution in [0.5, 0.6) is 0 Å². The second-order valence-corrected chi connectivity index (χ2v) is 5.46. The molecule has 0 radical (unpaired) electrons. The molecule has 16 heavy (non-hydrogen) atoms. The number of hydrogen-bond donors (Lipinski definition) is 1. The SMILES string of the molecule is CCCNC(C)c1cn(C(C)(C)C)nc1C. The summed E-state index contributed by atoms with van der Waals surface area (Å²) in [5.74, 6) is 0. The first kappa shape index (κ1) is 13.2. The molecule has 0 spiro atoms.